The molecule has 0 radical (unpaired) electrons. The number of hydrogen-bond acceptors (Lipinski definition) is 4. The fourth-order valence-electron chi connectivity index (χ4n) is 2.41. The molecule has 2 unspecified atom stereocenters. The molecule has 2 N–H and O–H groups in total. The molecule has 0 aromatic carbocycles. The summed E-state index contributed by atoms with van der Waals surface area (Å²) in [6.07, 6.45) is 1.69. The number of nitrogens with one attached hydrogen (secondary N) is 2. The van der Waals surface area contributed by atoms with E-state index in [4.69, 9.17) is 0 Å². The first-order chi connectivity index (χ1) is 8.60. The van der Waals surface area contributed by atoms with E-state index in [0.717, 1.165) is 18.8 Å². The Morgan fingerprint density at radius 1 is 1.44 bits per heavy atom. The van der Waals surface area contributed by atoms with Crippen LogP contribution in [-0.4, -0.2) is 43.1 Å². The summed E-state index contributed by atoms with van der Waals surface area (Å²) in [6.45, 7) is 6.23. The number of piperazine rings is 1. The van der Waals surface area contributed by atoms with Gasteiger partial charge in [-0.05, 0) is 26.0 Å². The Morgan fingerprint density at radius 2 is 2.11 bits per heavy atom. The van der Waals surface area contributed by atoms with Gasteiger partial charge >= 0.3 is 0 Å². The van der Waals surface area contributed by atoms with Crippen LogP contribution in [0.5, 0.6) is 0 Å². The Kier molecular flexibility index (Phi) is 3.81. The maximum Gasteiger partial charge on any atom is 0.269 e. The Hall–Kier alpha value is -1.62. The van der Waals surface area contributed by atoms with E-state index in [1.54, 1.807) is 13.2 Å². The first-order valence-corrected chi connectivity index (χ1v) is 6.29. The lowest BCUT2D eigenvalue weighted by Crippen LogP contribution is -2.54. The van der Waals surface area contributed by atoms with Crippen LogP contribution in [0.1, 0.15) is 24.3 Å². The van der Waals surface area contributed by atoms with Crippen LogP contribution < -0.4 is 15.5 Å². The molecule has 98 valence electrons. The minimum absolute atomic E-state index is 0.145. The summed E-state index contributed by atoms with van der Waals surface area (Å²) in [6, 6.07) is 4.71. The second-order valence-corrected chi connectivity index (χ2v) is 4.85. The SMILES string of the molecule is CNC(=O)c1cc(N2CC(C)NC(C)C2)ccn1. The number of carbonyl (C=O) groups excluding carboxylic acids is 1. The molecule has 5 heteroatoms. The molecule has 18 heavy (non-hydrogen) atoms. The van der Waals surface area contributed by atoms with Crippen LogP contribution in [0.25, 0.3) is 0 Å². The molecule has 1 aromatic rings. The molecule has 0 bridgehead atoms. The van der Waals surface area contributed by atoms with E-state index in [1.165, 1.54) is 0 Å². The lowest BCUT2D eigenvalue weighted by Gasteiger charge is -2.37. The van der Waals surface area contributed by atoms with Crippen molar-refractivity contribution in [1.82, 2.24) is 15.6 Å². The highest BCUT2D eigenvalue weighted by molar-refractivity contribution is 5.92. The molecule has 1 amide bonds. The predicted octanol–water partition coefficient (Wildman–Crippen LogP) is 0.628. The topological polar surface area (TPSA) is 57.3 Å². The van der Waals surface area contributed by atoms with Gasteiger partial charge in [-0.1, -0.05) is 0 Å². The van der Waals surface area contributed by atoms with Gasteiger partial charge in [0.15, 0.2) is 0 Å². The summed E-state index contributed by atoms with van der Waals surface area (Å²) in [5.41, 5.74) is 1.53. The van der Waals surface area contributed by atoms with Gasteiger partial charge in [-0.2, -0.15) is 0 Å². The zero-order valence-corrected chi connectivity index (χ0v) is 11.1. The van der Waals surface area contributed by atoms with Crippen LogP contribution >= 0.6 is 0 Å². The van der Waals surface area contributed by atoms with Crippen molar-refractivity contribution in [3.8, 4) is 0 Å². The van der Waals surface area contributed by atoms with Gasteiger partial charge < -0.3 is 15.5 Å². The summed E-state index contributed by atoms with van der Waals surface area (Å²) >= 11 is 0. The Balaban J connectivity index is 2.20. The van der Waals surface area contributed by atoms with Gasteiger partial charge in [-0.3, -0.25) is 9.78 Å². The fraction of sp³-hybridized carbons (Fsp3) is 0.538. The number of amides is 1. The van der Waals surface area contributed by atoms with Crippen LogP contribution in [0.2, 0.25) is 0 Å². The average Bonchev–Trinajstić information content (AvgIpc) is 2.37. The molecule has 1 saturated heterocycles. The Morgan fingerprint density at radius 3 is 2.72 bits per heavy atom. The zero-order chi connectivity index (χ0) is 13.1. The Labute approximate surface area is 108 Å². The highest BCUT2D eigenvalue weighted by atomic mass is 16.1. The average molecular weight is 248 g/mol. The quantitative estimate of drug-likeness (QED) is 0.806. The molecule has 5 nitrogen and oxygen atoms in total. The van der Waals surface area contributed by atoms with Crippen molar-refractivity contribution in [3.05, 3.63) is 24.0 Å². The maximum atomic E-state index is 11.6. The predicted molar refractivity (Wildman–Crippen MR) is 71.9 cm³/mol. The molecule has 1 fully saturated rings. The number of aromatic nitrogens is 1. The van der Waals surface area contributed by atoms with E-state index >= 15 is 0 Å². The van der Waals surface area contributed by atoms with E-state index in [9.17, 15) is 4.79 Å². The van der Waals surface area contributed by atoms with Crippen molar-refractivity contribution in [3.63, 3.8) is 0 Å². The third-order valence-corrected chi connectivity index (χ3v) is 3.13. The third-order valence-electron chi connectivity index (χ3n) is 3.13. The number of anilines is 1. The first kappa shape index (κ1) is 12.8. The summed E-state index contributed by atoms with van der Waals surface area (Å²) in [5, 5.41) is 6.09. The number of hydrogen-bond donors (Lipinski definition) is 2. The second kappa shape index (κ2) is 5.35. The van der Waals surface area contributed by atoms with Gasteiger partial charge in [0.2, 0.25) is 0 Å². The highest BCUT2D eigenvalue weighted by Crippen LogP contribution is 2.18. The molecular formula is C13H20N4O. The molecule has 2 rings (SSSR count). The molecular weight excluding hydrogens is 228 g/mol. The van der Waals surface area contributed by atoms with Crippen LogP contribution in [0.15, 0.2) is 18.3 Å². The maximum absolute atomic E-state index is 11.6. The van der Waals surface area contributed by atoms with E-state index in [-0.39, 0.29) is 5.91 Å². The van der Waals surface area contributed by atoms with E-state index in [0.29, 0.717) is 17.8 Å². The number of nitrogens with zero attached hydrogens (tertiary/aromatic N) is 2. The highest BCUT2D eigenvalue weighted by Gasteiger charge is 2.21. The standard InChI is InChI=1S/C13H20N4O/c1-9-7-17(8-10(2)16-9)11-4-5-15-12(6-11)13(18)14-3/h4-6,9-10,16H,7-8H2,1-3H3,(H,14,18). The number of rotatable bonds is 2. The Bertz CT molecular complexity index is 425. The number of pyridine rings is 1. The van der Waals surface area contributed by atoms with Gasteiger partial charge in [0.05, 0.1) is 0 Å². The third kappa shape index (κ3) is 2.79. The van der Waals surface area contributed by atoms with Gasteiger partial charge in [-0.25, -0.2) is 0 Å². The minimum atomic E-state index is -0.145. The van der Waals surface area contributed by atoms with Crippen molar-refractivity contribution in [2.45, 2.75) is 25.9 Å². The van der Waals surface area contributed by atoms with Crippen LogP contribution in [0, 0.1) is 0 Å². The first-order valence-electron chi connectivity index (χ1n) is 6.29. The molecule has 0 aliphatic carbocycles. The summed E-state index contributed by atoms with van der Waals surface area (Å²) in [5.74, 6) is -0.145. The van der Waals surface area contributed by atoms with Crippen molar-refractivity contribution in [2.75, 3.05) is 25.0 Å². The summed E-state index contributed by atoms with van der Waals surface area (Å²) in [7, 11) is 1.62. The zero-order valence-electron chi connectivity index (χ0n) is 11.1. The summed E-state index contributed by atoms with van der Waals surface area (Å²) < 4.78 is 0. The van der Waals surface area contributed by atoms with Crippen molar-refractivity contribution in [1.29, 1.82) is 0 Å². The number of carbonyl (C=O) groups is 1. The lowest BCUT2D eigenvalue weighted by atomic mass is 10.1. The fourth-order valence-corrected chi connectivity index (χ4v) is 2.41. The smallest absolute Gasteiger partial charge is 0.269 e. The molecule has 2 atom stereocenters. The molecule has 0 saturated carbocycles. The van der Waals surface area contributed by atoms with Gasteiger partial charge in [0.25, 0.3) is 5.91 Å². The normalized spacial score (nSPS) is 23.8. The van der Waals surface area contributed by atoms with Gasteiger partial charge in [-0.15, -0.1) is 0 Å². The second-order valence-electron chi connectivity index (χ2n) is 4.85. The van der Waals surface area contributed by atoms with Crippen molar-refractivity contribution in [2.24, 2.45) is 0 Å². The van der Waals surface area contributed by atoms with Crippen LogP contribution in [0.3, 0.4) is 0 Å². The van der Waals surface area contributed by atoms with Crippen molar-refractivity contribution >= 4 is 11.6 Å². The summed E-state index contributed by atoms with van der Waals surface area (Å²) in [4.78, 5) is 18.0. The lowest BCUT2D eigenvalue weighted by molar-refractivity contribution is 0.0958. The molecule has 1 aliphatic rings. The van der Waals surface area contributed by atoms with E-state index in [1.807, 2.05) is 12.1 Å². The molecule has 1 aromatic heterocycles. The molecule has 2 heterocycles. The van der Waals surface area contributed by atoms with Crippen molar-refractivity contribution < 1.29 is 4.79 Å². The molecule has 1 aliphatic heterocycles. The van der Waals surface area contributed by atoms with Crippen LogP contribution in [0.4, 0.5) is 5.69 Å². The molecule has 0 spiro atoms. The van der Waals surface area contributed by atoms with E-state index < -0.39 is 0 Å². The monoisotopic (exact) mass is 248 g/mol. The largest absolute Gasteiger partial charge is 0.368 e. The van der Waals surface area contributed by atoms with Gasteiger partial charge in [0, 0.05) is 44.1 Å². The van der Waals surface area contributed by atoms with E-state index in [2.05, 4.69) is 34.4 Å². The van der Waals surface area contributed by atoms with Crippen LogP contribution in [-0.2, 0) is 0 Å². The van der Waals surface area contributed by atoms with Gasteiger partial charge in [0.1, 0.15) is 5.69 Å². The minimum Gasteiger partial charge on any atom is -0.368 e.